The standard InChI is InChI=1S/C16H29N3O/c1-7-8-17-14(12-9-16(12,4)5)15-13(20-6)10-18-19(15)11(2)3/h10-12,14,17H,7-9H2,1-6H3. The second kappa shape index (κ2) is 5.76. The van der Waals surface area contributed by atoms with Crippen molar-refractivity contribution >= 4 is 0 Å². The Labute approximate surface area is 122 Å². The maximum atomic E-state index is 5.56. The zero-order chi connectivity index (χ0) is 14.9. The number of rotatable bonds is 7. The molecule has 0 aliphatic heterocycles. The largest absolute Gasteiger partial charge is 0.493 e. The fourth-order valence-corrected chi connectivity index (χ4v) is 3.03. The average Bonchev–Trinajstić information content (AvgIpc) is 2.85. The van der Waals surface area contributed by atoms with Crippen molar-refractivity contribution in [2.24, 2.45) is 11.3 Å². The molecule has 1 aliphatic rings. The summed E-state index contributed by atoms with van der Waals surface area (Å²) in [5.74, 6) is 1.58. The molecule has 20 heavy (non-hydrogen) atoms. The summed E-state index contributed by atoms with van der Waals surface area (Å²) in [7, 11) is 1.74. The van der Waals surface area contributed by atoms with Crippen LogP contribution >= 0.6 is 0 Å². The lowest BCUT2D eigenvalue weighted by Crippen LogP contribution is -2.28. The van der Waals surface area contributed by atoms with Crippen molar-refractivity contribution in [3.63, 3.8) is 0 Å². The van der Waals surface area contributed by atoms with Crippen LogP contribution in [0.15, 0.2) is 6.20 Å². The number of nitrogens with zero attached hydrogens (tertiary/aromatic N) is 2. The van der Waals surface area contributed by atoms with Gasteiger partial charge in [0, 0.05) is 6.04 Å². The number of ether oxygens (including phenoxy) is 1. The van der Waals surface area contributed by atoms with E-state index < -0.39 is 0 Å². The van der Waals surface area contributed by atoms with E-state index in [1.165, 1.54) is 12.1 Å². The number of nitrogens with one attached hydrogen (secondary N) is 1. The summed E-state index contributed by atoms with van der Waals surface area (Å²) in [6.07, 6.45) is 4.26. The number of methoxy groups -OCH3 is 1. The van der Waals surface area contributed by atoms with Crippen molar-refractivity contribution in [3.8, 4) is 5.75 Å². The zero-order valence-electron chi connectivity index (χ0n) is 13.7. The number of hydrogen-bond donors (Lipinski definition) is 1. The Morgan fingerprint density at radius 2 is 2.15 bits per heavy atom. The molecule has 0 bridgehead atoms. The highest BCUT2D eigenvalue weighted by Crippen LogP contribution is 2.58. The van der Waals surface area contributed by atoms with E-state index in [0.29, 0.717) is 23.4 Å². The third kappa shape index (κ3) is 2.85. The first-order chi connectivity index (χ1) is 9.42. The molecular weight excluding hydrogens is 250 g/mol. The van der Waals surface area contributed by atoms with Gasteiger partial charge < -0.3 is 10.1 Å². The minimum atomic E-state index is 0.338. The molecule has 1 aliphatic carbocycles. The van der Waals surface area contributed by atoms with E-state index in [-0.39, 0.29) is 0 Å². The predicted octanol–water partition coefficient (Wildman–Crippen LogP) is 3.56. The summed E-state index contributed by atoms with van der Waals surface area (Å²) in [6, 6.07) is 0.687. The van der Waals surface area contributed by atoms with E-state index >= 15 is 0 Å². The monoisotopic (exact) mass is 279 g/mol. The van der Waals surface area contributed by atoms with Gasteiger partial charge in [0.2, 0.25) is 0 Å². The van der Waals surface area contributed by atoms with Gasteiger partial charge >= 0.3 is 0 Å². The van der Waals surface area contributed by atoms with Crippen molar-refractivity contribution in [2.45, 2.75) is 59.5 Å². The Balaban J connectivity index is 2.34. The molecule has 2 atom stereocenters. The van der Waals surface area contributed by atoms with Crippen LogP contribution in [0.3, 0.4) is 0 Å². The van der Waals surface area contributed by atoms with E-state index in [4.69, 9.17) is 4.74 Å². The van der Waals surface area contributed by atoms with Crippen LogP contribution in [0.25, 0.3) is 0 Å². The van der Waals surface area contributed by atoms with Crippen LogP contribution in [-0.2, 0) is 0 Å². The van der Waals surface area contributed by atoms with Crippen LogP contribution in [0.1, 0.15) is 65.2 Å². The second-order valence-corrected chi connectivity index (χ2v) is 6.87. The Morgan fingerprint density at radius 1 is 1.50 bits per heavy atom. The molecule has 0 saturated heterocycles. The van der Waals surface area contributed by atoms with Crippen LogP contribution in [-0.4, -0.2) is 23.4 Å². The van der Waals surface area contributed by atoms with Crippen LogP contribution < -0.4 is 10.1 Å². The molecule has 0 spiro atoms. The van der Waals surface area contributed by atoms with E-state index in [2.05, 4.69) is 49.7 Å². The normalized spacial score (nSPS) is 22.1. The molecule has 1 N–H and O–H groups in total. The molecule has 0 amide bonds. The Kier molecular flexibility index (Phi) is 4.43. The summed E-state index contributed by atoms with van der Waals surface area (Å²) in [5, 5.41) is 8.24. The smallest absolute Gasteiger partial charge is 0.161 e. The molecule has 1 saturated carbocycles. The third-order valence-corrected chi connectivity index (χ3v) is 4.41. The molecule has 1 fully saturated rings. The molecule has 2 rings (SSSR count). The minimum Gasteiger partial charge on any atom is -0.493 e. The highest BCUT2D eigenvalue weighted by atomic mass is 16.5. The molecule has 1 heterocycles. The van der Waals surface area contributed by atoms with Crippen molar-refractivity contribution in [1.29, 1.82) is 0 Å². The lowest BCUT2D eigenvalue weighted by Gasteiger charge is -2.24. The highest BCUT2D eigenvalue weighted by Gasteiger charge is 2.51. The van der Waals surface area contributed by atoms with Crippen molar-refractivity contribution < 1.29 is 4.74 Å². The first kappa shape index (κ1) is 15.4. The Morgan fingerprint density at radius 3 is 2.60 bits per heavy atom. The fraction of sp³-hybridized carbons (Fsp3) is 0.812. The van der Waals surface area contributed by atoms with Gasteiger partial charge in [0.15, 0.2) is 5.75 Å². The van der Waals surface area contributed by atoms with E-state index in [0.717, 1.165) is 18.7 Å². The van der Waals surface area contributed by atoms with Gasteiger partial charge in [0.1, 0.15) is 0 Å². The highest BCUT2D eigenvalue weighted by molar-refractivity contribution is 5.31. The number of hydrogen-bond acceptors (Lipinski definition) is 3. The molecule has 2 unspecified atom stereocenters. The molecule has 0 aromatic carbocycles. The molecule has 0 radical (unpaired) electrons. The molecule has 114 valence electrons. The fourth-order valence-electron chi connectivity index (χ4n) is 3.03. The first-order valence-corrected chi connectivity index (χ1v) is 7.77. The van der Waals surface area contributed by atoms with E-state index in [1.54, 1.807) is 7.11 Å². The summed E-state index contributed by atoms with van der Waals surface area (Å²) in [4.78, 5) is 0. The molecule has 4 heteroatoms. The maximum Gasteiger partial charge on any atom is 0.161 e. The van der Waals surface area contributed by atoms with Gasteiger partial charge in [-0.1, -0.05) is 20.8 Å². The molecule has 4 nitrogen and oxygen atoms in total. The summed E-state index contributed by atoms with van der Waals surface area (Å²) < 4.78 is 7.67. The van der Waals surface area contributed by atoms with Gasteiger partial charge in [-0.25, -0.2) is 0 Å². The number of aromatic nitrogens is 2. The van der Waals surface area contributed by atoms with Gasteiger partial charge in [-0.15, -0.1) is 0 Å². The van der Waals surface area contributed by atoms with Crippen LogP contribution in [0.2, 0.25) is 0 Å². The summed E-state index contributed by atoms with van der Waals surface area (Å²) in [5.41, 5.74) is 1.63. The average molecular weight is 279 g/mol. The van der Waals surface area contributed by atoms with Crippen molar-refractivity contribution in [3.05, 3.63) is 11.9 Å². The SMILES string of the molecule is CCCNC(c1c(OC)cnn1C(C)C)C1CC1(C)C. The topological polar surface area (TPSA) is 39.1 Å². The van der Waals surface area contributed by atoms with Gasteiger partial charge in [-0.3, -0.25) is 4.68 Å². The Hall–Kier alpha value is -1.03. The van der Waals surface area contributed by atoms with Crippen molar-refractivity contribution in [2.75, 3.05) is 13.7 Å². The quantitative estimate of drug-likeness (QED) is 0.829. The van der Waals surface area contributed by atoms with Gasteiger partial charge in [-0.05, 0) is 44.6 Å². The molecule has 1 aromatic rings. The molecular formula is C16H29N3O. The first-order valence-electron chi connectivity index (χ1n) is 7.77. The van der Waals surface area contributed by atoms with Crippen LogP contribution in [0.4, 0.5) is 0 Å². The lowest BCUT2D eigenvalue weighted by atomic mass is 10.00. The second-order valence-electron chi connectivity index (χ2n) is 6.87. The van der Waals surface area contributed by atoms with Crippen LogP contribution in [0, 0.1) is 11.3 Å². The summed E-state index contributed by atoms with van der Waals surface area (Å²) >= 11 is 0. The van der Waals surface area contributed by atoms with Gasteiger partial charge in [0.25, 0.3) is 0 Å². The van der Waals surface area contributed by atoms with Gasteiger partial charge in [0.05, 0.1) is 25.0 Å². The lowest BCUT2D eigenvalue weighted by molar-refractivity contribution is 0.350. The predicted molar refractivity (Wildman–Crippen MR) is 82.1 cm³/mol. The molecule has 1 aromatic heterocycles. The van der Waals surface area contributed by atoms with Gasteiger partial charge in [-0.2, -0.15) is 5.10 Å². The Bertz CT molecular complexity index is 451. The van der Waals surface area contributed by atoms with E-state index in [9.17, 15) is 0 Å². The maximum absolute atomic E-state index is 5.56. The zero-order valence-corrected chi connectivity index (χ0v) is 13.7. The third-order valence-electron chi connectivity index (χ3n) is 4.41. The van der Waals surface area contributed by atoms with E-state index in [1.807, 2.05) is 6.20 Å². The summed E-state index contributed by atoms with van der Waals surface area (Å²) in [6.45, 7) is 12.3. The van der Waals surface area contributed by atoms with Crippen LogP contribution in [0.5, 0.6) is 5.75 Å². The minimum absolute atomic E-state index is 0.338. The van der Waals surface area contributed by atoms with Crippen molar-refractivity contribution in [1.82, 2.24) is 15.1 Å².